The number of nitrogens with zero attached hydrogens (tertiary/aromatic N) is 1. The van der Waals surface area contributed by atoms with Crippen LogP contribution in [0.25, 0.3) is 0 Å². The lowest BCUT2D eigenvalue weighted by atomic mass is 10.0. The second-order valence-corrected chi connectivity index (χ2v) is 4.49. The van der Waals surface area contributed by atoms with E-state index in [1.807, 2.05) is 0 Å². The third-order valence-corrected chi connectivity index (χ3v) is 3.11. The monoisotopic (exact) mass is 281 g/mol. The molecule has 1 N–H and O–H groups in total. The summed E-state index contributed by atoms with van der Waals surface area (Å²) < 4.78 is 18.5. The lowest BCUT2D eigenvalue weighted by Gasteiger charge is -2.14. The highest BCUT2D eigenvalue weighted by molar-refractivity contribution is 6.30. The highest BCUT2D eigenvalue weighted by atomic mass is 35.5. The van der Waals surface area contributed by atoms with Crippen LogP contribution in [0.15, 0.2) is 36.7 Å². The summed E-state index contributed by atoms with van der Waals surface area (Å²) >= 11 is 5.62. The first kappa shape index (κ1) is 13.8. The molecule has 3 nitrogen and oxygen atoms in total. The predicted molar refractivity (Wildman–Crippen MR) is 70.9 cm³/mol. The molecule has 0 aliphatic rings. The summed E-state index contributed by atoms with van der Waals surface area (Å²) in [5.74, 6) is 0.0116. The minimum absolute atomic E-state index is 0.0692. The molecule has 0 aliphatic carbocycles. The molecule has 1 unspecified atom stereocenters. The fourth-order valence-electron chi connectivity index (χ4n) is 1.84. The van der Waals surface area contributed by atoms with Gasteiger partial charge in [0.25, 0.3) is 0 Å². The topological polar surface area (TPSA) is 42.4 Å². The summed E-state index contributed by atoms with van der Waals surface area (Å²) in [7, 11) is 1.51. The molecule has 0 amide bonds. The first-order valence-electron chi connectivity index (χ1n) is 5.71. The first-order valence-corrected chi connectivity index (χ1v) is 6.09. The minimum Gasteiger partial charge on any atom is -0.495 e. The van der Waals surface area contributed by atoms with E-state index in [-0.39, 0.29) is 11.4 Å². The molecule has 0 bridgehead atoms. The maximum absolute atomic E-state index is 13.3. The second-order valence-electron chi connectivity index (χ2n) is 4.09. The Kier molecular flexibility index (Phi) is 4.35. The van der Waals surface area contributed by atoms with Crippen molar-refractivity contribution in [2.24, 2.45) is 0 Å². The molecule has 0 fully saturated rings. The van der Waals surface area contributed by atoms with Crippen molar-refractivity contribution < 1.29 is 14.2 Å². The zero-order valence-corrected chi connectivity index (χ0v) is 11.1. The molecule has 100 valence electrons. The van der Waals surface area contributed by atoms with Crippen molar-refractivity contribution in [3.63, 3.8) is 0 Å². The van der Waals surface area contributed by atoms with Gasteiger partial charge >= 0.3 is 0 Å². The van der Waals surface area contributed by atoms with E-state index in [9.17, 15) is 9.50 Å². The van der Waals surface area contributed by atoms with Gasteiger partial charge in [0.05, 0.1) is 24.4 Å². The van der Waals surface area contributed by atoms with E-state index in [2.05, 4.69) is 4.98 Å². The fourth-order valence-corrected chi connectivity index (χ4v) is 1.95. The standard InChI is InChI=1S/C14H13ClFNO2/c1-19-14-8-17-5-4-10(14)13(18)7-9-2-3-11(15)12(16)6-9/h2-6,8,13,18H,7H2,1H3. The van der Waals surface area contributed by atoms with Crippen molar-refractivity contribution in [1.82, 2.24) is 4.98 Å². The van der Waals surface area contributed by atoms with Crippen LogP contribution in [0.3, 0.4) is 0 Å². The van der Waals surface area contributed by atoms with Gasteiger partial charge < -0.3 is 9.84 Å². The number of pyridine rings is 1. The summed E-state index contributed by atoms with van der Waals surface area (Å²) in [6.07, 6.45) is 2.58. The van der Waals surface area contributed by atoms with Crippen molar-refractivity contribution in [3.05, 3.63) is 58.6 Å². The van der Waals surface area contributed by atoms with E-state index in [0.717, 1.165) is 0 Å². The number of ether oxygens (including phenoxy) is 1. The van der Waals surface area contributed by atoms with Gasteiger partial charge in [-0.05, 0) is 23.8 Å². The molecule has 1 aromatic heterocycles. The Bertz CT molecular complexity index is 577. The van der Waals surface area contributed by atoms with Crippen molar-refractivity contribution in [2.45, 2.75) is 12.5 Å². The number of methoxy groups -OCH3 is 1. The first-order chi connectivity index (χ1) is 9.11. The summed E-state index contributed by atoms with van der Waals surface area (Å²) in [6, 6.07) is 6.15. The fraction of sp³-hybridized carbons (Fsp3) is 0.214. The number of halogens is 2. The Hall–Kier alpha value is -1.65. The van der Waals surface area contributed by atoms with Gasteiger partial charge in [-0.3, -0.25) is 4.98 Å². The molecule has 2 rings (SSSR count). The van der Waals surface area contributed by atoms with Gasteiger partial charge in [0, 0.05) is 18.2 Å². The Balaban J connectivity index is 2.20. The summed E-state index contributed by atoms with van der Waals surface area (Å²) in [6.45, 7) is 0. The van der Waals surface area contributed by atoms with Gasteiger partial charge in [-0.25, -0.2) is 4.39 Å². The van der Waals surface area contributed by atoms with Crippen LogP contribution in [-0.2, 0) is 6.42 Å². The zero-order chi connectivity index (χ0) is 13.8. The largest absolute Gasteiger partial charge is 0.495 e. The Morgan fingerprint density at radius 1 is 1.42 bits per heavy atom. The van der Waals surface area contributed by atoms with Crippen LogP contribution in [0, 0.1) is 5.82 Å². The molecular weight excluding hydrogens is 269 g/mol. The van der Waals surface area contributed by atoms with Gasteiger partial charge in [0.1, 0.15) is 11.6 Å². The van der Waals surface area contributed by atoms with E-state index in [4.69, 9.17) is 16.3 Å². The van der Waals surface area contributed by atoms with Crippen molar-refractivity contribution >= 4 is 11.6 Å². The van der Waals surface area contributed by atoms with E-state index in [1.54, 1.807) is 18.3 Å². The van der Waals surface area contributed by atoms with Crippen molar-refractivity contribution in [2.75, 3.05) is 7.11 Å². The summed E-state index contributed by atoms with van der Waals surface area (Å²) in [5.41, 5.74) is 1.28. The summed E-state index contributed by atoms with van der Waals surface area (Å²) in [5, 5.41) is 10.3. The molecule has 1 aromatic carbocycles. The van der Waals surface area contributed by atoms with Gasteiger partial charge in [-0.2, -0.15) is 0 Å². The van der Waals surface area contributed by atoms with Crippen LogP contribution in [0.1, 0.15) is 17.2 Å². The quantitative estimate of drug-likeness (QED) is 0.936. The summed E-state index contributed by atoms with van der Waals surface area (Å²) in [4.78, 5) is 3.92. The van der Waals surface area contributed by atoms with Crippen LogP contribution in [0.2, 0.25) is 5.02 Å². The van der Waals surface area contributed by atoms with E-state index in [0.29, 0.717) is 16.9 Å². The zero-order valence-electron chi connectivity index (χ0n) is 10.3. The van der Waals surface area contributed by atoms with E-state index >= 15 is 0 Å². The third kappa shape index (κ3) is 3.22. The van der Waals surface area contributed by atoms with Gasteiger partial charge in [0.2, 0.25) is 0 Å². The van der Waals surface area contributed by atoms with Crippen LogP contribution in [-0.4, -0.2) is 17.2 Å². The maximum atomic E-state index is 13.3. The highest BCUT2D eigenvalue weighted by Gasteiger charge is 2.14. The number of aliphatic hydroxyl groups is 1. The third-order valence-electron chi connectivity index (χ3n) is 2.81. The Morgan fingerprint density at radius 2 is 2.21 bits per heavy atom. The predicted octanol–water partition coefficient (Wildman–Crippen LogP) is 3.16. The molecule has 0 radical (unpaired) electrons. The van der Waals surface area contributed by atoms with Gasteiger partial charge in [0.15, 0.2) is 0 Å². The SMILES string of the molecule is COc1cnccc1C(O)Cc1ccc(Cl)c(F)c1. The number of rotatable bonds is 4. The maximum Gasteiger partial charge on any atom is 0.142 e. The van der Waals surface area contributed by atoms with Crippen molar-refractivity contribution in [3.8, 4) is 5.75 Å². The number of hydrogen-bond acceptors (Lipinski definition) is 3. The normalized spacial score (nSPS) is 12.2. The molecule has 0 saturated carbocycles. The van der Waals surface area contributed by atoms with Gasteiger partial charge in [-0.15, -0.1) is 0 Å². The lowest BCUT2D eigenvalue weighted by molar-refractivity contribution is 0.173. The smallest absolute Gasteiger partial charge is 0.142 e. The average molecular weight is 282 g/mol. The highest BCUT2D eigenvalue weighted by Crippen LogP contribution is 2.27. The molecule has 0 spiro atoms. The second kappa shape index (κ2) is 5.99. The average Bonchev–Trinajstić information content (AvgIpc) is 2.43. The lowest BCUT2D eigenvalue weighted by Crippen LogP contribution is -2.04. The number of benzene rings is 1. The molecule has 1 heterocycles. The number of aliphatic hydroxyl groups excluding tert-OH is 1. The van der Waals surface area contributed by atoms with Crippen LogP contribution in [0.4, 0.5) is 4.39 Å². The van der Waals surface area contributed by atoms with Gasteiger partial charge in [-0.1, -0.05) is 17.7 Å². The van der Waals surface area contributed by atoms with Crippen LogP contribution < -0.4 is 4.74 Å². The molecular formula is C14H13ClFNO2. The molecule has 1 atom stereocenters. The molecule has 0 aliphatic heterocycles. The molecule has 0 saturated heterocycles. The van der Waals surface area contributed by atoms with Crippen LogP contribution >= 0.6 is 11.6 Å². The van der Waals surface area contributed by atoms with E-state index < -0.39 is 11.9 Å². The molecule has 5 heteroatoms. The minimum atomic E-state index is -0.793. The Morgan fingerprint density at radius 3 is 2.89 bits per heavy atom. The molecule has 19 heavy (non-hydrogen) atoms. The Labute approximate surface area is 115 Å². The molecule has 2 aromatic rings. The van der Waals surface area contributed by atoms with E-state index in [1.165, 1.54) is 25.4 Å². The van der Waals surface area contributed by atoms with Crippen LogP contribution in [0.5, 0.6) is 5.75 Å². The number of hydrogen-bond donors (Lipinski definition) is 1. The van der Waals surface area contributed by atoms with Crippen molar-refractivity contribution in [1.29, 1.82) is 0 Å². The number of aromatic nitrogens is 1.